The highest BCUT2D eigenvalue weighted by Crippen LogP contribution is 2.36. The maximum Gasteiger partial charge on any atom is 0.338 e. The Morgan fingerprint density at radius 2 is 1.89 bits per heavy atom. The Hall–Kier alpha value is -4.18. The molecule has 2 heterocycles. The summed E-state index contributed by atoms with van der Waals surface area (Å²) in [7, 11) is 3.02. The summed E-state index contributed by atoms with van der Waals surface area (Å²) in [4.78, 5) is 43.3. The number of thiazole rings is 1. The summed E-state index contributed by atoms with van der Waals surface area (Å²) in [6, 6.07) is 11.4. The van der Waals surface area contributed by atoms with Gasteiger partial charge in [0, 0.05) is 6.92 Å². The largest absolute Gasteiger partial charge is 0.497 e. The zero-order valence-corrected chi connectivity index (χ0v) is 21.9. The van der Waals surface area contributed by atoms with Crippen molar-refractivity contribution in [1.82, 2.24) is 4.57 Å². The summed E-state index contributed by atoms with van der Waals surface area (Å²) in [5.41, 5.74) is 1.73. The van der Waals surface area contributed by atoms with Crippen molar-refractivity contribution in [3.05, 3.63) is 84.5 Å². The van der Waals surface area contributed by atoms with Crippen LogP contribution in [0, 0.1) is 0 Å². The van der Waals surface area contributed by atoms with Crippen LogP contribution in [0.25, 0.3) is 6.08 Å². The second-order valence-corrected chi connectivity index (χ2v) is 9.09. The summed E-state index contributed by atoms with van der Waals surface area (Å²) < 4.78 is 23.2. The third-order valence-electron chi connectivity index (χ3n) is 5.67. The zero-order chi connectivity index (χ0) is 26.7. The Balaban J connectivity index is 1.94. The van der Waals surface area contributed by atoms with Gasteiger partial charge in [-0.25, -0.2) is 9.79 Å². The number of rotatable bonds is 7. The van der Waals surface area contributed by atoms with Gasteiger partial charge in [-0.3, -0.25) is 14.2 Å². The fraction of sp³-hybridized carbons (Fsp3) is 0.259. The van der Waals surface area contributed by atoms with Crippen LogP contribution in [0.1, 0.15) is 37.9 Å². The molecule has 0 amide bonds. The number of methoxy groups -OCH3 is 2. The van der Waals surface area contributed by atoms with E-state index in [1.807, 2.05) is 24.3 Å². The first kappa shape index (κ1) is 25.9. The Morgan fingerprint density at radius 3 is 2.57 bits per heavy atom. The molecule has 0 saturated heterocycles. The number of carbonyl (C=O) groups excluding carboxylic acids is 2. The van der Waals surface area contributed by atoms with Crippen LogP contribution in [0.4, 0.5) is 0 Å². The fourth-order valence-electron chi connectivity index (χ4n) is 4.08. The summed E-state index contributed by atoms with van der Waals surface area (Å²) in [6.45, 7) is 4.88. The van der Waals surface area contributed by atoms with Gasteiger partial charge in [0.25, 0.3) is 5.56 Å². The van der Waals surface area contributed by atoms with Crippen molar-refractivity contribution in [2.75, 3.05) is 20.8 Å². The highest BCUT2D eigenvalue weighted by atomic mass is 32.1. The molecular weight excluding hydrogens is 496 g/mol. The summed E-state index contributed by atoms with van der Waals surface area (Å²) in [6.07, 6.45) is 1.76. The van der Waals surface area contributed by atoms with Crippen LogP contribution in [0.3, 0.4) is 0 Å². The molecule has 0 spiro atoms. The number of hydrogen-bond donors (Lipinski definition) is 0. The number of ether oxygens (including phenoxy) is 4. The van der Waals surface area contributed by atoms with E-state index in [-0.39, 0.29) is 29.2 Å². The van der Waals surface area contributed by atoms with Crippen molar-refractivity contribution in [2.45, 2.75) is 26.8 Å². The smallest absolute Gasteiger partial charge is 0.338 e. The van der Waals surface area contributed by atoms with Gasteiger partial charge >= 0.3 is 11.9 Å². The topological polar surface area (TPSA) is 105 Å². The highest BCUT2D eigenvalue weighted by molar-refractivity contribution is 7.07. The second-order valence-electron chi connectivity index (χ2n) is 8.08. The molecule has 1 aliphatic rings. The predicted molar refractivity (Wildman–Crippen MR) is 138 cm³/mol. The molecule has 0 aliphatic carbocycles. The molecule has 4 rings (SSSR count). The average Bonchev–Trinajstić information content (AvgIpc) is 3.17. The van der Waals surface area contributed by atoms with E-state index in [4.69, 9.17) is 18.9 Å². The van der Waals surface area contributed by atoms with Gasteiger partial charge in [-0.2, -0.15) is 0 Å². The average molecular weight is 523 g/mol. The number of benzene rings is 2. The first-order chi connectivity index (χ1) is 17.8. The van der Waals surface area contributed by atoms with Crippen LogP contribution in [0.2, 0.25) is 0 Å². The van der Waals surface area contributed by atoms with Crippen molar-refractivity contribution < 1.29 is 28.5 Å². The third-order valence-corrected chi connectivity index (χ3v) is 6.65. The number of nitrogens with zero attached hydrogens (tertiary/aromatic N) is 2. The van der Waals surface area contributed by atoms with E-state index in [0.29, 0.717) is 26.3 Å². The van der Waals surface area contributed by atoms with Gasteiger partial charge in [0.2, 0.25) is 0 Å². The van der Waals surface area contributed by atoms with E-state index in [2.05, 4.69) is 4.99 Å². The van der Waals surface area contributed by atoms with Gasteiger partial charge in [-0.1, -0.05) is 29.5 Å². The molecule has 9 nitrogen and oxygen atoms in total. The van der Waals surface area contributed by atoms with Gasteiger partial charge in [0.05, 0.1) is 42.7 Å². The minimum absolute atomic E-state index is 0.164. The molecule has 2 aromatic carbocycles. The van der Waals surface area contributed by atoms with Gasteiger partial charge in [0.1, 0.15) is 5.75 Å². The van der Waals surface area contributed by atoms with Crippen molar-refractivity contribution in [3.63, 3.8) is 0 Å². The highest BCUT2D eigenvalue weighted by Gasteiger charge is 2.34. The third kappa shape index (κ3) is 5.19. The van der Waals surface area contributed by atoms with E-state index in [0.717, 1.165) is 5.56 Å². The molecule has 1 aliphatic heterocycles. The lowest BCUT2D eigenvalue weighted by atomic mass is 9.95. The first-order valence-corrected chi connectivity index (χ1v) is 12.3. The molecule has 10 heteroatoms. The molecule has 0 saturated carbocycles. The maximum absolute atomic E-state index is 13.7. The molecule has 192 valence electrons. The number of hydrogen-bond acceptors (Lipinski definition) is 9. The number of aromatic nitrogens is 1. The van der Waals surface area contributed by atoms with Gasteiger partial charge in [-0.05, 0) is 55.3 Å². The molecule has 1 atom stereocenters. The predicted octanol–water partition coefficient (Wildman–Crippen LogP) is 2.74. The maximum atomic E-state index is 13.7. The molecule has 0 radical (unpaired) electrons. The number of allylic oxidation sites excluding steroid dienone is 1. The van der Waals surface area contributed by atoms with Crippen molar-refractivity contribution in [3.8, 4) is 17.2 Å². The quantitative estimate of drug-likeness (QED) is 0.347. The van der Waals surface area contributed by atoms with Crippen molar-refractivity contribution in [1.29, 1.82) is 0 Å². The van der Waals surface area contributed by atoms with Crippen molar-refractivity contribution in [2.24, 2.45) is 4.99 Å². The summed E-state index contributed by atoms with van der Waals surface area (Å²) in [5, 5.41) is 0. The minimum atomic E-state index is -0.831. The van der Waals surface area contributed by atoms with Crippen molar-refractivity contribution >= 4 is 29.4 Å². The lowest BCUT2D eigenvalue weighted by Crippen LogP contribution is -2.40. The standard InChI is InChI=1S/C27H26N2O7S/c1-6-35-26(32)23-15(2)28-27-29(24(23)18-10-11-20(36-16(3)30)21(14-18)34-5)25(31)22(37-27)13-17-8-7-9-19(12-17)33-4/h7-14,24H,6H2,1-5H3/b22-13+. The van der Waals surface area contributed by atoms with E-state index in [9.17, 15) is 14.4 Å². The van der Waals surface area contributed by atoms with Gasteiger partial charge < -0.3 is 18.9 Å². The number of esters is 2. The Morgan fingerprint density at radius 1 is 1.11 bits per heavy atom. The van der Waals surface area contributed by atoms with Gasteiger partial charge in [-0.15, -0.1) is 0 Å². The van der Waals surface area contributed by atoms with Crippen LogP contribution < -0.4 is 29.1 Å². The van der Waals surface area contributed by atoms with Crippen LogP contribution in [0.5, 0.6) is 17.2 Å². The lowest BCUT2D eigenvalue weighted by Gasteiger charge is -2.25. The fourth-order valence-corrected chi connectivity index (χ4v) is 5.13. The SMILES string of the molecule is CCOC(=O)C1=C(C)N=c2s/c(=C/c3cccc(OC)c3)c(=O)n2C1c1ccc(OC(C)=O)c(OC)c1. The van der Waals surface area contributed by atoms with Crippen LogP contribution in [-0.4, -0.2) is 37.3 Å². The van der Waals surface area contributed by atoms with Gasteiger partial charge in [0.15, 0.2) is 16.3 Å². The van der Waals surface area contributed by atoms with Crippen LogP contribution in [-0.2, 0) is 14.3 Å². The number of carbonyl (C=O) groups is 2. The second kappa shape index (κ2) is 10.8. The molecule has 1 unspecified atom stereocenters. The molecule has 0 fully saturated rings. The monoisotopic (exact) mass is 522 g/mol. The number of fused-ring (bicyclic) bond motifs is 1. The molecule has 0 bridgehead atoms. The minimum Gasteiger partial charge on any atom is -0.497 e. The molecule has 3 aromatic rings. The van der Waals surface area contributed by atoms with E-state index in [1.165, 1.54) is 29.9 Å². The molecular formula is C27H26N2O7S. The molecule has 37 heavy (non-hydrogen) atoms. The van der Waals surface area contributed by atoms with E-state index >= 15 is 0 Å². The zero-order valence-electron chi connectivity index (χ0n) is 21.1. The van der Waals surface area contributed by atoms with Crippen LogP contribution in [0.15, 0.2) is 63.5 Å². The first-order valence-electron chi connectivity index (χ1n) is 11.5. The summed E-state index contributed by atoms with van der Waals surface area (Å²) in [5.74, 6) is 0.102. The lowest BCUT2D eigenvalue weighted by molar-refractivity contribution is -0.139. The Labute approximate surface area is 216 Å². The van der Waals surface area contributed by atoms with E-state index in [1.54, 1.807) is 45.2 Å². The van der Waals surface area contributed by atoms with Crippen LogP contribution >= 0.6 is 11.3 Å². The Kier molecular flexibility index (Phi) is 7.58. The molecule has 1 aromatic heterocycles. The molecule has 0 N–H and O–H groups in total. The summed E-state index contributed by atoms with van der Waals surface area (Å²) >= 11 is 1.22. The normalized spacial score (nSPS) is 15.1. The Bertz CT molecular complexity index is 1580. The van der Waals surface area contributed by atoms with E-state index < -0.39 is 18.0 Å².